The predicted molar refractivity (Wildman–Crippen MR) is 88.2 cm³/mol. The Hall–Kier alpha value is -2.07. The van der Waals surface area contributed by atoms with Crippen molar-refractivity contribution in [2.45, 2.75) is 39.8 Å². The summed E-state index contributed by atoms with van der Waals surface area (Å²) in [5.74, 6) is 0.786. The fourth-order valence-corrected chi connectivity index (χ4v) is 2.48. The van der Waals surface area contributed by atoms with E-state index in [4.69, 9.17) is 4.74 Å². The predicted octanol–water partition coefficient (Wildman–Crippen LogP) is 3.38. The van der Waals surface area contributed by atoms with E-state index in [-0.39, 0.29) is 18.2 Å². The number of rotatable bonds is 6. The third-order valence-electron chi connectivity index (χ3n) is 3.84. The molecule has 0 bridgehead atoms. The number of aliphatic hydroxyl groups is 1. The lowest BCUT2D eigenvalue weighted by molar-refractivity contribution is 0.278. The smallest absolute Gasteiger partial charge is 0.256 e. The van der Waals surface area contributed by atoms with E-state index in [1.165, 1.54) is 0 Å². The average molecular weight is 301 g/mol. The van der Waals surface area contributed by atoms with Crippen LogP contribution < -0.4 is 10.3 Å². The third-order valence-corrected chi connectivity index (χ3v) is 3.84. The molecule has 0 spiro atoms. The number of pyridine rings is 1. The van der Waals surface area contributed by atoms with Crippen LogP contribution in [0.5, 0.6) is 5.75 Å². The molecule has 1 N–H and O–H groups in total. The SMILES string of the molecule is CCOc1cccc(-c2ccc(CO)c(=O)n2C(C)CC)c1. The summed E-state index contributed by atoms with van der Waals surface area (Å²) in [7, 11) is 0. The van der Waals surface area contributed by atoms with Gasteiger partial charge in [-0.3, -0.25) is 4.79 Å². The summed E-state index contributed by atoms with van der Waals surface area (Å²) in [6, 6.07) is 11.4. The number of nitrogens with zero attached hydrogens (tertiary/aromatic N) is 1. The molecule has 0 aliphatic rings. The van der Waals surface area contributed by atoms with Gasteiger partial charge < -0.3 is 14.4 Å². The summed E-state index contributed by atoms with van der Waals surface area (Å²) in [5.41, 5.74) is 2.08. The van der Waals surface area contributed by atoms with Gasteiger partial charge in [-0.25, -0.2) is 0 Å². The molecule has 118 valence electrons. The fourth-order valence-electron chi connectivity index (χ4n) is 2.48. The van der Waals surface area contributed by atoms with E-state index in [2.05, 4.69) is 0 Å². The highest BCUT2D eigenvalue weighted by atomic mass is 16.5. The zero-order chi connectivity index (χ0) is 16.1. The van der Waals surface area contributed by atoms with E-state index >= 15 is 0 Å². The molecule has 4 heteroatoms. The summed E-state index contributed by atoms with van der Waals surface area (Å²) >= 11 is 0. The van der Waals surface area contributed by atoms with Gasteiger partial charge in [-0.05, 0) is 44.5 Å². The Morgan fingerprint density at radius 3 is 2.64 bits per heavy atom. The molecule has 0 aliphatic heterocycles. The Kier molecular flexibility index (Phi) is 5.39. The zero-order valence-electron chi connectivity index (χ0n) is 13.4. The highest BCUT2D eigenvalue weighted by Gasteiger charge is 2.14. The minimum Gasteiger partial charge on any atom is -0.494 e. The molecule has 0 fully saturated rings. The first-order valence-corrected chi connectivity index (χ1v) is 7.70. The van der Waals surface area contributed by atoms with Crippen molar-refractivity contribution in [2.24, 2.45) is 0 Å². The first-order valence-electron chi connectivity index (χ1n) is 7.70. The van der Waals surface area contributed by atoms with Crippen molar-refractivity contribution in [3.05, 3.63) is 52.3 Å². The van der Waals surface area contributed by atoms with Crippen molar-refractivity contribution in [3.8, 4) is 17.0 Å². The van der Waals surface area contributed by atoms with Gasteiger partial charge in [-0.2, -0.15) is 0 Å². The Balaban J connectivity index is 2.62. The van der Waals surface area contributed by atoms with Crippen LogP contribution in [0, 0.1) is 0 Å². The van der Waals surface area contributed by atoms with Crippen LogP contribution >= 0.6 is 0 Å². The lowest BCUT2D eigenvalue weighted by atomic mass is 10.1. The van der Waals surface area contributed by atoms with Crippen LogP contribution in [0.2, 0.25) is 0 Å². The molecule has 2 aromatic rings. The van der Waals surface area contributed by atoms with Gasteiger partial charge in [0.2, 0.25) is 0 Å². The van der Waals surface area contributed by atoms with Crippen LogP contribution in [0.25, 0.3) is 11.3 Å². The molecule has 0 radical (unpaired) electrons. The minimum atomic E-state index is -0.242. The van der Waals surface area contributed by atoms with Crippen molar-refractivity contribution in [1.82, 2.24) is 4.57 Å². The Morgan fingerprint density at radius 2 is 2.00 bits per heavy atom. The van der Waals surface area contributed by atoms with Crippen LogP contribution in [-0.2, 0) is 6.61 Å². The molecule has 1 aromatic heterocycles. The number of aliphatic hydroxyl groups excluding tert-OH is 1. The zero-order valence-corrected chi connectivity index (χ0v) is 13.4. The molecule has 0 aliphatic carbocycles. The quantitative estimate of drug-likeness (QED) is 0.890. The highest BCUT2D eigenvalue weighted by molar-refractivity contribution is 5.62. The van der Waals surface area contributed by atoms with Gasteiger partial charge in [0.25, 0.3) is 5.56 Å². The normalized spacial score (nSPS) is 12.2. The summed E-state index contributed by atoms with van der Waals surface area (Å²) < 4.78 is 7.30. The van der Waals surface area contributed by atoms with E-state index in [1.807, 2.05) is 51.1 Å². The molecule has 0 saturated heterocycles. The largest absolute Gasteiger partial charge is 0.494 e. The first-order chi connectivity index (χ1) is 10.6. The molecule has 1 unspecified atom stereocenters. The number of hydrogen-bond acceptors (Lipinski definition) is 3. The van der Waals surface area contributed by atoms with Gasteiger partial charge in [0, 0.05) is 17.2 Å². The van der Waals surface area contributed by atoms with E-state index in [0.29, 0.717) is 12.2 Å². The van der Waals surface area contributed by atoms with Gasteiger partial charge in [0.15, 0.2) is 0 Å². The van der Waals surface area contributed by atoms with Crippen LogP contribution in [0.3, 0.4) is 0 Å². The second kappa shape index (κ2) is 7.27. The number of aromatic nitrogens is 1. The monoisotopic (exact) mass is 301 g/mol. The molecular weight excluding hydrogens is 278 g/mol. The Bertz CT molecular complexity index is 691. The molecule has 4 nitrogen and oxygen atoms in total. The van der Waals surface area contributed by atoms with Crippen LogP contribution in [-0.4, -0.2) is 16.3 Å². The van der Waals surface area contributed by atoms with E-state index in [9.17, 15) is 9.90 Å². The number of ether oxygens (including phenoxy) is 1. The molecule has 22 heavy (non-hydrogen) atoms. The molecule has 2 rings (SSSR count). The van der Waals surface area contributed by atoms with Crippen LogP contribution in [0.4, 0.5) is 0 Å². The standard InChI is InChI=1S/C18H23NO3/c1-4-13(3)19-17(10-9-15(12-20)18(19)21)14-7-6-8-16(11-14)22-5-2/h6-11,13,20H,4-5,12H2,1-3H3. The van der Waals surface area contributed by atoms with Crippen molar-refractivity contribution in [1.29, 1.82) is 0 Å². The third kappa shape index (κ3) is 3.22. The van der Waals surface area contributed by atoms with Crippen molar-refractivity contribution >= 4 is 0 Å². The maximum absolute atomic E-state index is 12.6. The summed E-state index contributed by atoms with van der Waals surface area (Å²) in [6.07, 6.45) is 0.840. The molecule has 0 saturated carbocycles. The number of hydrogen-bond donors (Lipinski definition) is 1. The lowest BCUT2D eigenvalue weighted by Gasteiger charge is -2.20. The average Bonchev–Trinajstić information content (AvgIpc) is 2.54. The fraction of sp³-hybridized carbons (Fsp3) is 0.389. The van der Waals surface area contributed by atoms with E-state index < -0.39 is 0 Å². The Morgan fingerprint density at radius 1 is 1.23 bits per heavy atom. The van der Waals surface area contributed by atoms with Crippen molar-refractivity contribution < 1.29 is 9.84 Å². The molecule has 1 atom stereocenters. The topological polar surface area (TPSA) is 51.5 Å². The summed E-state index contributed by atoms with van der Waals surface area (Å²) in [5, 5.41) is 9.34. The highest BCUT2D eigenvalue weighted by Crippen LogP contribution is 2.26. The summed E-state index contributed by atoms with van der Waals surface area (Å²) in [4.78, 5) is 12.6. The van der Waals surface area contributed by atoms with Gasteiger partial charge in [0.1, 0.15) is 5.75 Å². The van der Waals surface area contributed by atoms with Crippen molar-refractivity contribution in [3.63, 3.8) is 0 Å². The lowest BCUT2D eigenvalue weighted by Crippen LogP contribution is -2.27. The number of benzene rings is 1. The van der Waals surface area contributed by atoms with Gasteiger partial charge in [-0.15, -0.1) is 0 Å². The maximum Gasteiger partial charge on any atom is 0.256 e. The van der Waals surface area contributed by atoms with Gasteiger partial charge >= 0.3 is 0 Å². The van der Waals surface area contributed by atoms with Crippen LogP contribution in [0.1, 0.15) is 38.8 Å². The van der Waals surface area contributed by atoms with Gasteiger partial charge in [-0.1, -0.05) is 19.1 Å². The molecule has 1 heterocycles. The first kappa shape index (κ1) is 16.3. The van der Waals surface area contributed by atoms with E-state index in [1.54, 1.807) is 10.6 Å². The van der Waals surface area contributed by atoms with Crippen LogP contribution in [0.15, 0.2) is 41.2 Å². The van der Waals surface area contributed by atoms with Gasteiger partial charge in [0.05, 0.1) is 18.9 Å². The van der Waals surface area contributed by atoms with Crippen molar-refractivity contribution in [2.75, 3.05) is 6.61 Å². The summed E-state index contributed by atoms with van der Waals surface area (Å²) in [6.45, 7) is 6.36. The maximum atomic E-state index is 12.6. The second-order valence-corrected chi connectivity index (χ2v) is 5.30. The molecular formula is C18H23NO3. The van der Waals surface area contributed by atoms with E-state index in [0.717, 1.165) is 23.4 Å². The molecule has 1 aromatic carbocycles. The molecule has 0 amide bonds. The second-order valence-electron chi connectivity index (χ2n) is 5.30. The Labute approximate surface area is 131 Å². The minimum absolute atomic E-state index is 0.0600.